The first-order valence-corrected chi connectivity index (χ1v) is 11.4. The second-order valence-corrected chi connectivity index (χ2v) is 9.24. The minimum Gasteiger partial charge on any atom is -0.487 e. The molecule has 0 bridgehead atoms. The van der Waals surface area contributed by atoms with Crippen LogP contribution in [0.5, 0.6) is 5.75 Å². The minimum absolute atomic E-state index is 0.0524. The smallest absolute Gasteiger partial charge is 0.134 e. The molecule has 1 aromatic carbocycles. The molecule has 0 saturated carbocycles. The van der Waals surface area contributed by atoms with Crippen molar-refractivity contribution in [1.82, 2.24) is 4.98 Å². The summed E-state index contributed by atoms with van der Waals surface area (Å²) in [6.45, 7) is 2.97. The molecule has 0 spiro atoms. The van der Waals surface area contributed by atoms with Crippen molar-refractivity contribution in [3.63, 3.8) is 0 Å². The van der Waals surface area contributed by atoms with E-state index in [1.807, 2.05) is 6.07 Å². The van der Waals surface area contributed by atoms with Gasteiger partial charge in [-0.3, -0.25) is 4.21 Å². The maximum atomic E-state index is 13.0. The molecule has 3 aliphatic rings. The standard InChI is InChI=1S/C21H24FN3O3S/c22-14-1-3-16(4-2-14)28-17-12-25(13-17)20-11-19(23-15-5-8-27-9-6-15)21-18(24-20)7-10-29(21)26/h1-4,11,15,17H,5-10,12-13H2,(H,23,24)/t29-/m1/s1. The van der Waals surface area contributed by atoms with E-state index in [1.165, 1.54) is 12.1 Å². The van der Waals surface area contributed by atoms with E-state index >= 15 is 0 Å². The van der Waals surface area contributed by atoms with Crippen molar-refractivity contribution in [3.05, 3.63) is 41.8 Å². The van der Waals surface area contributed by atoms with E-state index in [1.54, 1.807) is 12.1 Å². The van der Waals surface area contributed by atoms with E-state index in [-0.39, 0.29) is 11.9 Å². The fraction of sp³-hybridized carbons (Fsp3) is 0.476. The van der Waals surface area contributed by atoms with Crippen LogP contribution < -0.4 is 15.0 Å². The molecule has 5 rings (SSSR count). The third-order valence-corrected chi connectivity index (χ3v) is 7.14. The zero-order valence-corrected chi connectivity index (χ0v) is 16.9. The molecule has 29 heavy (non-hydrogen) atoms. The summed E-state index contributed by atoms with van der Waals surface area (Å²) in [6, 6.07) is 8.48. The summed E-state index contributed by atoms with van der Waals surface area (Å²) >= 11 is 0. The van der Waals surface area contributed by atoms with Crippen molar-refractivity contribution >= 4 is 22.3 Å². The first kappa shape index (κ1) is 18.8. The predicted molar refractivity (Wildman–Crippen MR) is 110 cm³/mol. The van der Waals surface area contributed by atoms with Gasteiger partial charge in [-0.15, -0.1) is 0 Å². The van der Waals surface area contributed by atoms with Crippen molar-refractivity contribution < 1.29 is 18.1 Å². The molecule has 0 amide bonds. The zero-order chi connectivity index (χ0) is 19.8. The Labute approximate surface area is 171 Å². The Kier molecular flexibility index (Phi) is 5.13. The Balaban J connectivity index is 1.30. The Bertz CT molecular complexity index is 912. The number of hydrogen-bond donors (Lipinski definition) is 1. The van der Waals surface area contributed by atoms with Crippen molar-refractivity contribution in [2.45, 2.75) is 36.3 Å². The highest BCUT2D eigenvalue weighted by atomic mass is 32.2. The molecule has 0 aliphatic carbocycles. The van der Waals surface area contributed by atoms with Gasteiger partial charge in [0.2, 0.25) is 0 Å². The average Bonchev–Trinajstić information content (AvgIpc) is 3.08. The zero-order valence-electron chi connectivity index (χ0n) is 16.1. The Morgan fingerprint density at radius 2 is 1.97 bits per heavy atom. The van der Waals surface area contributed by atoms with Gasteiger partial charge in [0.1, 0.15) is 23.5 Å². The lowest BCUT2D eigenvalue weighted by Gasteiger charge is -2.40. The van der Waals surface area contributed by atoms with Gasteiger partial charge in [0.25, 0.3) is 0 Å². The number of halogens is 1. The molecule has 2 fully saturated rings. The molecule has 8 heteroatoms. The molecule has 154 valence electrons. The second kappa shape index (κ2) is 7.91. The number of ether oxygens (including phenoxy) is 2. The molecule has 4 heterocycles. The van der Waals surface area contributed by atoms with Crippen molar-refractivity contribution in [2.24, 2.45) is 0 Å². The third kappa shape index (κ3) is 3.96. The van der Waals surface area contributed by atoms with Crippen LogP contribution in [-0.2, 0) is 22.0 Å². The number of aromatic nitrogens is 1. The summed E-state index contributed by atoms with van der Waals surface area (Å²) < 4.78 is 36.9. The van der Waals surface area contributed by atoms with Gasteiger partial charge in [0.05, 0.1) is 40.2 Å². The lowest BCUT2D eigenvalue weighted by Crippen LogP contribution is -2.54. The predicted octanol–water partition coefficient (Wildman–Crippen LogP) is 2.74. The molecule has 2 aromatic rings. The van der Waals surface area contributed by atoms with E-state index in [2.05, 4.69) is 10.2 Å². The average molecular weight is 418 g/mol. The quantitative estimate of drug-likeness (QED) is 0.807. The monoisotopic (exact) mass is 417 g/mol. The molecular formula is C21H24FN3O3S. The van der Waals surface area contributed by atoms with Gasteiger partial charge in [0.15, 0.2) is 0 Å². The van der Waals surface area contributed by atoms with Crippen LogP contribution in [0.25, 0.3) is 0 Å². The molecule has 1 N–H and O–H groups in total. The molecule has 1 atom stereocenters. The number of pyridine rings is 1. The topological polar surface area (TPSA) is 63.7 Å². The Hall–Kier alpha value is -2.19. The minimum atomic E-state index is -0.985. The van der Waals surface area contributed by atoms with Gasteiger partial charge in [-0.05, 0) is 37.1 Å². The molecule has 0 unspecified atom stereocenters. The van der Waals surface area contributed by atoms with Gasteiger partial charge in [-0.25, -0.2) is 9.37 Å². The van der Waals surface area contributed by atoms with Crippen LogP contribution in [0.1, 0.15) is 18.5 Å². The number of aryl methyl sites for hydroxylation is 1. The van der Waals surface area contributed by atoms with Crippen molar-refractivity contribution in [3.8, 4) is 5.75 Å². The van der Waals surface area contributed by atoms with Gasteiger partial charge >= 0.3 is 0 Å². The summed E-state index contributed by atoms with van der Waals surface area (Å²) in [5.74, 6) is 1.95. The van der Waals surface area contributed by atoms with E-state index in [0.29, 0.717) is 17.5 Å². The number of rotatable bonds is 5. The number of benzene rings is 1. The van der Waals surface area contributed by atoms with Gasteiger partial charge < -0.3 is 19.7 Å². The first-order valence-electron chi connectivity index (χ1n) is 10.1. The lowest BCUT2D eigenvalue weighted by atomic mass is 10.1. The number of anilines is 2. The Morgan fingerprint density at radius 1 is 1.21 bits per heavy atom. The summed E-state index contributed by atoms with van der Waals surface area (Å²) in [5.41, 5.74) is 1.90. The first-order chi connectivity index (χ1) is 14.2. The van der Waals surface area contributed by atoms with Gasteiger partial charge in [0, 0.05) is 37.5 Å². The number of hydrogen-bond acceptors (Lipinski definition) is 6. The molecule has 0 radical (unpaired) electrons. The fourth-order valence-electron chi connectivity index (χ4n) is 4.02. The highest BCUT2D eigenvalue weighted by molar-refractivity contribution is 7.85. The van der Waals surface area contributed by atoms with Crippen molar-refractivity contribution in [2.75, 3.05) is 42.3 Å². The lowest BCUT2D eigenvalue weighted by molar-refractivity contribution is 0.0904. The fourth-order valence-corrected chi connectivity index (χ4v) is 5.38. The maximum Gasteiger partial charge on any atom is 0.134 e. The molecule has 3 aliphatic heterocycles. The van der Waals surface area contributed by atoms with Crippen LogP contribution in [0.3, 0.4) is 0 Å². The largest absolute Gasteiger partial charge is 0.487 e. The number of fused-ring (bicyclic) bond motifs is 1. The highest BCUT2D eigenvalue weighted by Gasteiger charge is 2.33. The van der Waals surface area contributed by atoms with Crippen LogP contribution >= 0.6 is 0 Å². The molecule has 6 nitrogen and oxygen atoms in total. The molecular weight excluding hydrogens is 393 g/mol. The van der Waals surface area contributed by atoms with Crippen LogP contribution in [-0.4, -0.2) is 53.4 Å². The van der Waals surface area contributed by atoms with Crippen LogP contribution in [0, 0.1) is 5.82 Å². The van der Waals surface area contributed by atoms with Crippen molar-refractivity contribution in [1.29, 1.82) is 0 Å². The van der Waals surface area contributed by atoms with E-state index in [9.17, 15) is 8.60 Å². The van der Waals surface area contributed by atoms with E-state index in [4.69, 9.17) is 14.5 Å². The second-order valence-electron chi connectivity index (χ2n) is 7.73. The maximum absolute atomic E-state index is 13.0. The highest BCUT2D eigenvalue weighted by Crippen LogP contribution is 2.35. The normalized spacial score (nSPS) is 22.2. The Morgan fingerprint density at radius 3 is 2.72 bits per heavy atom. The number of nitrogens with zero attached hydrogens (tertiary/aromatic N) is 2. The van der Waals surface area contributed by atoms with Crippen LogP contribution in [0.2, 0.25) is 0 Å². The van der Waals surface area contributed by atoms with E-state index < -0.39 is 10.8 Å². The van der Waals surface area contributed by atoms with Gasteiger partial charge in [-0.2, -0.15) is 0 Å². The van der Waals surface area contributed by atoms with Gasteiger partial charge in [-0.1, -0.05) is 0 Å². The third-order valence-electron chi connectivity index (χ3n) is 5.65. The molecule has 2 saturated heterocycles. The number of nitrogens with one attached hydrogen (secondary N) is 1. The van der Waals surface area contributed by atoms with Crippen LogP contribution in [0.4, 0.5) is 15.9 Å². The summed E-state index contributed by atoms with van der Waals surface area (Å²) in [7, 11) is -0.985. The summed E-state index contributed by atoms with van der Waals surface area (Å²) in [4.78, 5) is 7.84. The van der Waals surface area contributed by atoms with E-state index in [0.717, 1.165) is 67.7 Å². The molecule has 1 aromatic heterocycles. The van der Waals surface area contributed by atoms with Crippen LogP contribution in [0.15, 0.2) is 35.2 Å². The summed E-state index contributed by atoms with van der Waals surface area (Å²) in [5, 5.41) is 3.60. The summed E-state index contributed by atoms with van der Waals surface area (Å²) in [6.07, 6.45) is 2.71. The SMILES string of the molecule is O=[S@@]1CCc2nc(N3CC(Oc4ccc(F)cc4)C3)cc(NC3CCOCC3)c21.